The van der Waals surface area contributed by atoms with Crippen LogP contribution in [0.4, 0.5) is 4.39 Å². The quantitative estimate of drug-likeness (QED) is 0.792. The predicted octanol–water partition coefficient (Wildman–Crippen LogP) is 3.02. The van der Waals surface area contributed by atoms with Crippen LogP contribution in [0, 0.1) is 18.7 Å². The molecule has 2 saturated heterocycles. The zero-order valence-electron chi connectivity index (χ0n) is 16.5. The topological polar surface area (TPSA) is 74.6 Å². The molecule has 2 aliphatic heterocycles. The molecule has 4 rings (SSSR count). The van der Waals surface area contributed by atoms with Gasteiger partial charge in [-0.3, -0.25) is 9.59 Å². The van der Waals surface area contributed by atoms with Crippen LogP contribution in [0.1, 0.15) is 41.8 Å². The number of rotatable bonds is 4. The lowest BCUT2D eigenvalue weighted by molar-refractivity contribution is -0.123. The molecule has 2 aromatic rings. The lowest BCUT2D eigenvalue weighted by Crippen LogP contribution is -2.46. The maximum atomic E-state index is 13.5. The van der Waals surface area contributed by atoms with Gasteiger partial charge >= 0.3 is 0 Å². The highest BCUT2D eigenvalue weighted by Crippen LogP contribution is 2.28. The maximum absolute atomic E-state index is 13.5. The van der Waals surface area contributed by atoms with Crippen molar-refractivity contribution >= 4 is 35.2 Å². The Balaban J connectivity index is 0.00000240. The average Bonchev–Trinajstić information content (AvgIpc) is 3.35. The standard InChI is InChI=1S/C21H26FN3O3.ClH/c1-13-16-10-15(22)6-7-18(16)28-19(13)21(27)25-9-3-4-14(12-25)11-24-20(26)17-5-2-8-23-17;/h6-7,10,14,17,23H,2-5,8-9,11-12H2,1H3,(H,24,26);1H. The summed E-state index contributed by atoms with van der Waals surface area (Å²) >= 11 is 0. The van der Waals surface area contributed by atoms with Crippen LogP contribution in [0.5, 0.6) is 0 Å². The number of piperidine rings is 1. The second-order valence-electron chi connectivity index (χ2n) is 7.85. The van der Waals surface area contributed by atoms with Crippen LogP contribution in [0.25, 0.3) is 11.0 Å². The second-order valence-corrected chi connectivity index (χ2v) is 7.85. The molecule has 8 heteroatoms. The van der Waals surface area contributed by atoms with Crippen LogP contribution in [0.3, 0.4) is 0 Å². The van der Waals surface area contributed by atoms with E-state index in [1.807, 2.05) is 0 Å². The lowest BCUT2D eigenvalue weighted by atomic mass is 9.97. The Labute approximate surface area is 175 Å². The molecule has 2 fully saturated rings. The number of likely N-dealkylation sites (tertiary alicyclic amines) is 1. The molecule has 2 atom stereocenters. The SMILES string of the molecule is Cc1c(C(=O)N2CCCC(CNC(=O)C3CCCN3)C2)oc2ccc(F)cc12.Cl. The van der Waals surface area contributed by atoms with E-state index in [2.05, 4.69) is 10.6 Å². The minimum atomic E-state index is -0.346. The first kappa shape index (κ1) is 21.6. The van der Waals surface area contributed by atoms with Gasteiger partial charge in [0, 0.05) is 30.6 Å². The summed E-state index contributed by atoms with van der Waals surface area (Å²) in [6.07, 6.45) is 3.78. The number of hydrogen-bond acceptors (Lipinski definition) is 4. The third-order valence-electron chi connectivity index (χ3n) is 5.84. The first-order chi connectivity index (χ1) is 13.5. The molecule has 0 spiro atoms. The fourth-order valence-corrected chi connectivity index (χ4v) is 4.23. The van der Waals surface area contributed by atoms with E-state index in [-0.39, 0.29) is 47.8 Å². The molecule has 2 amide bonds. The highest BCUT2D eigenvalue weighted by molar-refractivity contribution is 5.99. The van der Waals surface area contributed by atoms with E-state index < -0.39 is 0 Å². The van der Waals surface area contributed by atoms with Gasteiger partial charge in [0.1, 0.15) is 11.4 Å². The fourth-order valence-electron chi connectivity index (χ4n) is 4.23. The highest BCUT2D eigenvalue weighted by Gasteiger charge is 2.29. The zero-order valence-corrected chi connectivity index (χ0v) is 17.3. The van der Waals surface area contributed by atoms with Gasteiger partial charge in [-0.2, -0.15) is 0 Å². The number of nitrogens with one attached hydrogen (secondary N) is 2. The van der Waals surface area contributed by atoms with Crippen LogP contribution >= 0.6 is 12.4 Å². The fraction of sp³-hybridized carbons (Fsp3) is 0.524. The minimum Gasteiger partial charge on any atom is -0.451 e. The first-order valence-electron chi connectivity index (χ1n) is 10.0. The van der Waals surface area contributed by atoms with E-state index in [4.69, 9.17) is 4.42 Å². The molecule has 0 radical (unpaired) electrons. The summed E-state index contributed by atoms with van der Waals surface area (Å²) in [4.78, 5) is 27.0. The van der Waals surface area contributed by atoms with Gasteiger partial charge in [0.05, 0.1) is 6.04 Å². The molecule has 3 heterocycles. The van der Waals surface area contributed by atoms with Crippen LogP contribution in [-0.2, 0) is 4.79 Å². The smallest absolute Gasteiger partial charge is 0.289 e. The molecule has 29 heavy (non-hydrogen) atoms. The van der Waals surface area contributed by atoms with Crippen LogP contribution < -0.4 is 10.6 Å². The summed E-state index contributed by atoms with van der Waals surface area (Å²) in [5.74, 6) is 0.0465. The molecule has 158 valence electrons. The first-order valence-corrected chi connectivity index (χ1v) is 10.0. The van der Waals surface area contributed by atoms with Crippen molar-refractivity contribution in [3.63, 3.8) is 0 Å². The molecule has 2 unspecified atom stereocenters. The van der Waals surface area contributed by atoms with E-state index >= 15 is 0 Å². The van der Waals surface area contributed by atoms with Crippen LogP contribution in [0.2, 0.25) is 0 Å². The Morgan fingerprint density at radius 3 is 2.90 bits per heavy atom. The molecule has 0 aliphatic carbocycles. The summed E-state index contributed by atoms with van der Waals surface area (Å²) < 4.78 is 19.3. The number of aryl methyl sites for hydroxylation is 1. The number of fused-ring (bicyclic) bond motifs is 1. The largest absolute Gasteiger partial charge is 0.451 e. The molecule has 2 aliphatic rings. The van der Waals surface area contributed by atoms with Gasteiger partial charge < -0.3 is 20.0 Å². The van der Waals surface area contributed by atoms with Crippen molar-refractivity contribution in [2.45, 2.75) is 38.6 Å². The molecule has 0 bridgehead atoms. The van der Waals surface area contributed by atoms with Crippen molar-refractivity contribution in [3.05, 3.63) is 35.3 Å². The summed E-state index contributed by atoms with van der Waals surface area (Å²) in [7, 11) is 0. The Morgan fingerprint density at radius 1 is 1.31 bits per heavy atom. The summed E-state index contributed by atoms with van der Waals surface area (Å²) in [5, 5.41) is 6.86. The van der Waals surface area contributed by atoms with Gasteiger partial charge in [0.2, 0.25) is 5.91 Å². The van der Waals surface area contributed by atoms with E-state index in [1.54, 1.807) is 17.9 Å². The van der Waals surface area contributed by atoms with Crippen molar-refractivity contribution in [2.75, 3.05) is 26.2 Å². The van der Waals surface area contributed by atoms with E-state index in [9.17, 15) is 14.0 Å². The van der Waals surface area contributed by atoms with E-state index in [1.165, 1.54) is 12.1 Å². The van der Waals surface area contributed by atoms with Gasteiger partial charge in [-0.25, -0.2) is 4.39 Å². The Kier molecular flexibility index (Phi) is 6.80. The van der Waals surface area contributed by atoms with Crippen molar-refractivity contribution in [3.8, 4) is 0 Å². The van der Waals surface area contributed by atoms with E-state index in [0.717, 1.165) is 32.2 Å². The highest BCUT2D eigenvalue weighted by atomic mass is 35.5. The molecular formula is C21H27ClFN3O3. The van der Waals surface area contributed by atoms with Gasteiger partial charge in [-0.1, -0.05) is 0 Å². The van der Waals surface area contributed by atoms with Crippen molar-refractivity contribution < 1.29 is 18.4 Å². The summed E-state index contributed by atoms with van der Waals surface area (Å²) in [6.45, 7) is 4.50. The predicted molar refractivity (Wildman–Crippen MR) is 111 cm³/mol. The number of hydrogen-bond donors (Lipinski definition) is 2. The lowest BCUT2D eigenvalue weighted by Gasteiger charge is -2.32. The van der Waals surface area contributed by atoms with Gasteiger partial charge in [0.25, 0.3) is 5.91 Å². The summed E-state index contributed by atoms with van der Waals surface area (Å²) in [6, 6.07) is 4.20. The van der Waals surface area contributed by atoms with Gasteiger partial charge in [-0.15, -0.1) is 12.4 Å². The second kappa shape index (κ2) is 9.13. The number of carbonyl (C=O) groups is 2. The molecule has 1 aromatic heterocycles. The van der Waals surface area contributed by atoms with E-state index in [0.29, 0.717) is 36.2 Å². The van der Waals surface area contributed by atoms with Crippen molar-refractivity contribution in [1.82, 2.24) is 15.5 Å². The number of halogens is 2. The number of amides is 2. The van der Waals surface area contributed by atoms with Gasteiger partial charge in [0.15, 0.2) is 5.76 Å². The Hall–Kier alpha value is -2.12. The van der Waals surface area contributed by atoms with Crippen molar-refractivity contribution in [1.29, 1.82) is 0 Å². The molecule has 1 aromatic carbocycles. The number of furan rings is 1. The van der Waals surface area contributed by atoms with Crippen LogP contribution in [0.15, 0.2) is 22.6 Å². The Bertz CT molecular complexity index is 895. The molecule has 0 saturated carbocycles. The minimum absolute atomic E-state index is 0. The molecular weight excluding hydrogens is 397 g/mol. The summed E-state index contributed by atoms with van der Waals surface area (Å²) in [5.41, 5.74) is 1.19. The normalized spacial score (nSPS) is 21.8. The molecule has 6 nitrogen and oxygen atoms in total. The average molecular weight is 424 g/mol. The number of benzene rings is 1. The van der Waals surface area contributed by atoms with Crippen LogP contribution in [-0.4, -0.2) is 48.9 Å². The maximum Gasteiger partial charge on any atom is 0.289 e. The van der Waals surface area contributed by atoms with Crippen molar-refractivity contribution in [2.24, 2.45) is 5.92 Å². The monoisotopic (exact) mass is 423 g/mol. The Morgan fingerprint density at radius 2 is 2.14 bits per heavy atom. The number of nitrogens with zero attached hydrogens (tertiary/aromatic N) is 1. The number of carbonyl (C=O) groups excluding carboxylic acids is 2. The van der Waals surface area contributed by atoms with Gasteiger partial charge in [-0.05, 0) is 63.3 Å². The third-order valence-corrected chi connectivity index (χ3v) is 5.84. The molecule has 2 N–H and O–H groups in total. The zero-order chi connectivity index (χ0) is 19.7. The third kappa shape index (κ3) is 4.56.